The summed E-state index contributed by atoms with van der Waals surface area (Å²) in [5.74, 6) is 0. The average molecular weight is 324 g/mol. The Balaban J connectivity index is 1.34. The van der Waals surface area contributed by atoms with Crippen molar-refractivity contribution in [1.29, 1.82) is 0 Å². The topological polar surface area (TPSA) is 50.3 Å². The standard InChI is InChI=1S/C19H24N4O/c1-15-4-2-5-17(21-15)12-23-9-7-19(14-23)10-18(13-24-19)22-16-6-3-8-20-11-16/h2-6,8,11,18,22H,7,9-10,12-14H2,1H3/t18-,19-/m1/s1. The first-order valence-electron chi connectivity index (χ1n) is 8.66. The largest absolute Gasteiger partial charge is 0.379 e. The van der Waals surface area contributed by atoms with Gasteiger partial charge in [-0.2, -0.15) is 0 Å². The van der Waals surface area contributed by atoms with Crippen LogP contribution in [0.5, 0.6) is 0 Å². The maximum Gasteiger partial charge on any atom is 0.0842 e. The number of hydrogen-bond acceptors (Lipinski definition) is 5. The molecule has 2 aromatic heterocycles. The SMILES string of the molecule is Cc1cccc(CN2CC[C@@]3(C[C@@H](Nc4cccnc4)CO3)C2)n1. The van der Waals surface area contributed by atoms with Crippen molar-refractivity contribution in [2.75, 3.05) is 25.0 Å². The molecule has 2 aliphatic heterocycles. The van der Waals surface area contributed by atoms with Crippen LogP contribution in [0, 0.1) is 6.92 Å². The van der Waals surface area contributed by atoms with Gasteiger partial charge in [-0.05, 0) is 37.6 Å². The number of rotatable bonds is 4. The van der Waals surface area contributed by atoms with Crippen LogP contribution in [0.4, 0.5) is 5.69 Å². The minimum absolute atomic E-state index is 0.00367. The number of ether oxygens (including phenoxy) is 1. The third-order valence-electron chi connectivity index (χ3n) is 4.97. The van der Waals surface area contributed by atoms with Crippen LogP contribution in [0.25, 0.3) is 0 Å². The summed E-state index contributed by atoms with van der Waals surface area (Å²) >= 11 is 0. The maximum absolute atomic E-state index is 6.23. The fourth-order valence-corrected chi connectivity index (χ4v) is 3.88. The van der Waals surface area contributed by atoms with E-state index in [1.807, 2.05) is 25.3 Å². The Labute approximate surface area is 143 Å². The summed E-state index contributed by atoms with van der Waals surface area (Å²) in [5, 5.41) is 3.55. The van der Waals surface area contributed by atoms with Gasteiger partial charge in [0.05, 0.1) is 29.6 Å². The molecule has 0 aromatic carbocycles. The lowest BCUT2D eigenvalue weighted by atomic mass is 9.97. The molecular weight excluding hydrogens is 300 g/mol. The summed E-state index contributed by atoms with van der Waals surface area (Å²) in [5.41, 5.74) is 3.31. The van der Waals surface area contributed by atoms with Crippen molar-refractivity contribution < 1.29 is 4.74 Å². The zero-order valence-electron chi connectivity index (χ0n) is 14.1. The number of anilines is 1. The smallest absolute Gasteiger partial charge is 0.0842 e. The Hall–Kier alpha value is -1.98. The number of hydrogen-bond donors (Lipinski definition) is 1. The molecule has 5 nitrogen and oxygen atoms in total. The van der Waals surface area contributed by atoms with Crippen molar-refractivity contribution in [2.24, 2.45) is 0 Å². The van der Waals surface area contributed by atoms with Crippen LogP contribution in [-0.2, 0) is 11.3 Å². The monoisotopic (exact) mass is 324 g/mol. The predicted octanol–water partition coefficient (Wildman–Crippen LogP) is 2.63. The van der Waals surface area contributed by atoms with Crippen LogP contribution in [-0.4, -0.2) is 46.2 Å². The predicted molar refractivity (Wildman–Crippen MR) is 93.8 cm³/mol. The second-order valence-corrected chi connectivity index (χ2v) is 7.01. The lowest BCUT2D eigenvalue weighted by Crippen LogP contribution is -2.33. The van der Waals surface area contributed by atoms with Crippen molar-refractivity contribution in [3.63, 3.8) is 0 Å². The molecule has 5 heteroatoms. The van der Waals surface area contributed by atoms with Crippen LogP contribution in [0.15, 0.2) is 42.7 Å². The summed E-state index contributed by atoms with van der Waals surface area (Å²) in [6, 6.07) is 10.6. The van der Waals surface area contributed by atoms with Crippen LogP contribution >= 0.6 is 0 Å². The zero-order chi connectivity index (χ0) is 16.4. The third kappa shape index (κ3) is 3.42. The highest BCUT2D eigenvalue weighted by atomic mass is 16.5. The normalized spacial score (nSPS) is 27.0. The second kappa shape index (κ2) is 6.49. The number of aryl methyl sites for hydroxylation is 1. The van der Waals surface area contributed by atoms with Gasteiger partial charge in [0.15, 0.2) is 0 Å². The van der Waals surface area contributed by atoms with Gasteiger partial charge >= 0.3 is 0 Å². The highest BCUT2D eigenvalue weighted by Gasteiger charge is 2.45. The van der Waals surface area contributed by atoms with Crippen LogP contribution < -0.4 is 5.32 Å². The first-order valence-corrected chi connectivity index (χ1v) is 8.66. The fourth-order valence-electron chi connectivity index (χ4n) is 3.88. The van der Waals surface area contributed by atoms with E-state index < -0.39 is 0 Å². The van der Waals surface area contributed by atoms with Gasteiger partial charge in [-0.25, -0.2) is 0 Å². The van der Waals surface area contributed by atoms with Crippen molar-refractivity contribution in [2.45, 2.75) is 38.0 Å². The maximum atomic E-state index is 6.23. The van der Waals surface area contributed by atoms with Crippen molar-refractivity contribution >= 4 is 5.69 Å². The van der Waals surface area contributed by atoms with E-state index in [0.717, 1.165) is 56.2 Å². The lowest BCUT2D eigenvalue weighted by Gasteiger charge is -2.23. The molecule has 0 radical (unpaired) electrons. The van der Waals surface area contributed by atoms with E-state index in [0.29, 0.717) is 6.04 Å². The number of likely N-dealkylation sites (tertiary alicyclic amines) is 1. The van der Waals surface area contributed by atoms with Crippen molar-refractivity contribution in [3.8, 4) is 0 Å². The van der Waals surface area contributed by atoms with Gasteiger partial charge in [0.2, 0.25) is 0 Å². The Morgan fingerprint density at radius 1 is 1.33 bits per heavy atom. The summed E-state index contributed by atoms with van der Waals surface area (Å²) < 4.78 is 6.23. The van der Waals surface area contributed by atoms with E-state index >= 15 is 0 Å². The minimum Gasteiger partial charge on any atom is -0.379 e. The molecule has 4 heterocycles. The molecule has 0 bridgehead atoms. The van der Waals surface area contributed by atoms with E-state index in [-0.39, 0.29) is 5.60 Å². The van der Waals surface area contributed by atoms with Crippen molar-refractivity contribution in [1.82, 2.24) is 14.9 Å². The quantitative estimate of drug-likeness (QED) is 0.937. The molecule has 0 saturated carbocycles. The lowest BCUT2D eigenvalue weighted by molar-refractivity contribution is 0.0119. The van der Waals surface area contributed by atoms with Crippen LogP contribution in [0.2, 0.25) is 0 Å². The van der Waals surface area contributed by atoms with Gasteiger partial charge < -0.3 is 10.1 Å². The first kappa shape index (κ1) is 15.5. The molecule has 0 unspecified atom stereocenters. The van der Waals surface area contributed by atoms with Gasteiger partial charge in [-0.15, -0.1) is 0 Å². The van der Waals surface area contributed by atoms with E-state index in [1.165, 1.54) is 0 Å². The fraction of sp³-hybridized carbons (Fsp3) is 0.474. The summed E-state index contributed by atoms with van der Waals surface area (Å²) in [6.07, 6.45) is 5.82. The molecule has 2 aliphatic rings. The molecule has 2 saturated heterocycles. The molecule has 1 spiro atoms. The Morgan fingerprint density at radius 3 is 3.12 bits per heavy atom. The molecule has 2 fully saturated rings. The highest BCUT2D eigenvalue weighted by Crippen LogP contribution is 2.36. The number of aromatic nitrogens is 2. The number of pyridine rings is 2. The van der Waals surface area contributed by atoms with Gasteiger partial charge in [-0.3, -0.25) is 14.9 Å². The van der Waals surface area contributed by atoms with Gasteiger partial charge in [0, 0.05) is 44.1 Å². The molecule has 24 heavy (non-hydrogen) atoms. The molecule has 2 atom stereocenters. The van der Waals surface area contributed by atoms with E-state index in [9.17, 15) is 0 Å². The average Bonchev–Trinajstić information content (AvgIpc) is 3.15. The van der Waals surface area contributed by atoms with Gasteiger partial charge in [0.25, 0.3) is 0 Å². The van der Waals surface area contributed by atoms with Crippen molar-refractivity contribution in [3.05, 3.63) is 54.1 Å². The molecule has 4 rings (SSSR count). The van der Waals surface area contributed by atoms with Gasteiger partial charge in [-0.1, -0.05) is 6.07 Å². The van der Waals surface area contributed by atoms with E-state index in [4.69, 9.17) is 4.74 Å². The third-order valence-corrected chi connectivity index (χ3v) is 4.97. The molecule has 2 aromatic rings. The van der Waals surface area contributed by atoms with Crippen LogP contribution in [0.1, 0.15) is 24.2 Å². The number of nitrogens with one attached hydrogen (secondary N) is 1. The molecular formula is C19H24N4O. The minimum atomic E-state index is 0.00367. The Morgan fingerprint density at radius 2 is 2.29 bits per heavy atom. The second-order valence-electron chi connectivity index (χ2n) is 7.01. The Bertz CT molecular complexity index is 693. The number of nitrogens with zero attached hydrogens (tertiary/aromatic N) is 3. The molecule has 0 amide bonds. The molecule has 1 N–H and O–H groups in total. The Kier molecular flexibility index (Phi) is 4.21. The van der Waals surface area contributed by atoms with Gasteiger partial charge in [0.1, 0.15) is 0 Å². The summed E-state index contributed by atoms with van der Waals surface area (Å²) in [4.78, 5) is 11.3. The summed E-state index contributed by atoms with van der Waals surface area (Å²) in [6.45, 7) is 5.80. The summed E-state index contributed by atoms with van der Waals surface area (Å²) in [7, 11) is 0. The molecule has 0 aliphatic carbocycles. The molecule has 126 valence electrons. The van der Waals surface area contributed by atoms with E-state index in [2.05, 4.69) is 38.4 Å². The first-order chi connectivity index (χ1) is 11.7. The zero-order valence-corrected chi connectivity index (χ0v) is 14.1. The van der Waals surface area contributed by atoms with E-state index in [1.54, 1.807) is 6.20 Å². The highest BCUT2D eigenvalue weighted by molar-refractivity contribution is 5.41. The van der Waals surface area contributed by atoms with Crippen LogP contribution in [0.3, 0.4) is 0 Å².